The van der Waals surface area contributed by atoms with Gasteiger partial charge in [0.2, 0.25) is 5.91 Å². The predicted molar refractivity (Wildman–Crippen MR) is 117 cm³/mol. The SMILES string of the molecule is COC(=O)N1CCC2(C1)CN(C(=O)Cc1nc(CN(C)C)cs1)c1ccc(Cl)cc12. The highest BCUT2D eigenvalue weighted by Crippen LogP contribution is 2.47. The molecule has 1 spiro atoms. The number of anilines is 1. The topological polar surface area (TPSA) is 66.0 Å². The number of amides is 2. The molecule has 1 atom stereocenters. The summed E-state index contributed by atoms with van der Waals surface area (Å²) >= 11 is 7.81. The van der Waals surface area contributed by atoms with Crippen LogP contribution < -0.4 is 4.90 Å². The molecule has 0 N–H and O–H groups in total. The van der Waals surface area contributed by atoms with E-state index in [1.54, 1.807) is 4.90 Å². The monoisotopic (exact) mass is 448 g/mol. The maximum atomic E-state index is 13.2. The van der Waals surface area contributed by atoms with E-state index in [-0.39, 0.29) is 23.8 Å². The number of carbonyl (C=O) groups excluding carboxylic acids is 2. The fourth-order valence-electron chi connectivity index (χ4n) is 4.42. The molecule has 1 aromatic carbocycles. The zero-order valence-corrected chi connectivity index (χ0v) is 18.9. The molecule has 1 fully saturated rings. The standard InChI is InChI=1S/C21H25ClN4O3S/c1-24(2)10-15-11-30-18(23-15)9-19(27)26-13-21(6-7-25(12-21)20(28)29-3)16-8-14(22)4-5-17(16)26/h4-5,8,11H,6-7,9-10,12-13H2,1-3H3. The molecular formula is C21H25ClN4O3S. The van der Waals surface area contributed by atoms with E-state index in [9.17, 15) is 9.59 Å². The molecule has 0 bridgehead atoms. The Morgan fingerprint density at radius 2 is 2.13 bits per heavy atom. The number of aromatic nitrogens is 1. The van der Waals surface area contributed by atoms with Gasteiger partial charge in [-0.15, -0.1) is 11.3 Å². The second-order valence-corrected chi connectivity index (χ2v) is 9.59. The van der Waals surface area contributed by atoms with Gasteiger partial charge in [0.1, 0.15) is 5.01 Å². The molecule has 7 nitrogen and oxygen atoms in total. The molecule has 30 heavy (non-hydrogen) atoms. The number of likely N-dealkylation sites (tertiary alicyclic amines) is 1. The van der Waals surface area contributed by atoms with Gasteiger partial charge in [-0.3, -0.25) is 4.79 Å². The van der Waals surface area contributed by atoms with Gasteiger partial charge in [-0.1, -0.05) is 11.6 Å². The summed E-state index contributed by atoms with van der Waals surface area (Å²) in [5.41, 5.74) is 2.56. The number of benzene rings is 1. The molecule has 1 aromatic heterocycles. The summed E-state index contributed by atoms with van der Waals surface area (Å²) in [4.78, 5) is 35.5. The quantitative estimate of drug-likeness (QED) is 0.718. The third-order valence-electron chi connectivity index (χ3n) is 5.75. The Hall–Kier alpha value is -2.16. The summed E-state index contributed by atoms with van der Waals surface area (Å²) in [5.74, 6) is 0.0118. The van der Waals surface area contributed by atoms with E-state index in [1.165, 1.54) is 18.4 Å². The van der Waals surface area contributed by atoms with Crippen molar-refractivity contribution in [3.05, 3.63) is 44.9 Å². The summed E-state index contributed by atoms with van der Waals surface area (Å²) in [6.07, 6.45) is 0.692. The Morgan fingerprint density at radius 1 is 1.33 bits per heavy atom. The lowest BCUT2D eigenvalue weighted by Crippen LogP contribution is -2.40. The summed E-state index contributed by atoms with van der Waals surface area (Å²) in [6, 6.07) is 5.65. The van der Waals surface area contributed by atoms with E-state index in [1.807, 2.05) is 42.6 Å². The van der Waals surface area contributed by atoms with Gasteiger partial charge in [0.25, 0.3) is 0 Å². The highest BCUT2D eigenvalue weighted by Gasteiger charge is 2.50. The zero-order valence-electron chi connectivity index (χ0n) is 17.4. The van der Waals surface area contributed by atoms with Crippen LogP contribution in [0.25, 0.3) is 0 Å². The van der Waals surface area contributed by atoms with E-state index < -0.39 is 0 Å². The molecule has 9 heteroatoms. The van der Waals surface area contributed by atoms with Gasteiger partial charge in [-0.25, -0.2) is 9.78 Å². The summed E-state index contributed by atoms with van der Waals surface area (Å²) in [7, 11) is 5.38. The van der Waals surface area contributed by atoms with Crippen molar-refractivity contribution in [2.45, 2.75) is 24.8 Å². The average molecular weight is 449 g/mol. The normalized spacial score (nSPS) is 20.3. The van der Waals surface area contributed by atoms with Crippen molar-refractivity contribution >= 4 is 40.6 Å². The third kappa shape index (κ3) is 3.91. The molecule has 1 unspecified atom stereocenters. The minimum atomic E-state index is -0.337. The first-order chi connectivity index (χ1) is 14.3. The Morgan fingerprint density at radius 3 is 2.87 bits per heavy atom. The molecule has 2 aromatic rings. The minimum Gasteiger partial charge on any atom is -0.453 e. The summed E-state index contributed by atoms with van der Waals surface area (Å²) in [6.45, 7) is 2.40. The van der Waals surface area contributed by atoms with Crippen molar-refractivity contribution < 1.29 is 14.3 Å². The lowest BCUT2D eigenvalue weighted by molar-refractivity contribution is -0.118. The van der Waals surface area contributed by atoms with E-state index in [2.05, 4.69) is 9.88 Å². The lowest BCUT2D eigenvalue weighted by atomic mass is 9.81. The van der Waals surface area contributed by atoms with Gasteiger partial charge in [-0.2, -0.15) is 0 Å². The summed E-state index contributed by atoms with van der Waals surface area (Å²) in [5, 5.41) is 3.45. The fourth-order valence-corrected chi connectivity index (χ4v) is 5.37. The Balaban J connectivity index is 1.57. The number of thiazole rings is 1. The van der Waals surface area contributed by atoms with E-state index in [0.29, 0.717) is 24.7 Å². The molecule has 0 aliphatic carbocycles. The molecule has 2 aliphatic heterocycles. The molecule has 160 valence electrons. The number of ether oxygens (including phenoxy) is 1. The van der Waals surface area contributed by atoms with Crippen LogP contribution in [0.2, 0.25) is 5.02 Å². The first-order valence-electron chi connectivity index (χ1n) is 9.82. The zero-order chi connectivity index (χ0) is 21.5. The fraction of sp³-hybridized carbons (Fsp3) is 0.476. The van der Waals surface area contributed by atoms with Crippen LogP contribution in [0.5, 0.6) is 0 Å². The molecule has 1 saturated heterocycles. The van der Waals surface area contributed by atoms with Gasteiger partial charge in [0.15, 0.2) is 0 Å². The Labute approximate surface area is 185 Å². The molecule has 2 amide bonds. The Bertz CT molecular complexity index is 979. The van der Waals surface area contributed by atoms with Crippen LogP contribution in [0.1, 0.15) is 22.7 Å². The number of rotatable bonds is 4. The molecule has 2 aliphatic rings. The van der Waals surface area contributed by atoms with Crippen molar-refractivity contribution in [2.75, 3.05) is 45.7 Å². The highest BCUT2D eigenvalue weighted by molar-refractivity contribution is 7.09. The van der Waals surface area contributed by atoms with Crippen molar-refractivity contribution in [3.8, 4) is 0 Å². The second kappa shape index (κ2) is 8.17. The Kier molecular flexibility index (Phi) is 5.74. The second-order valence-electron chi connectivity index (χ2n) is 8.21. The van der Waals surface area contributed by atoms with Crippen LogP contribution >= 0.6 is 22.9 Å². The van der Waals surface area contributed by atoms with Crippen LogP contribution in [-0.4, -0.2) is 67.6 Å². The largest absolute Gasteiger partial charge is 0.453 e. The molecular weight excluding hydrogens is 424 g/mol. The number of hydrogen-bond donors (Lipinski definition) is 0. The number of hydrogen-bond acceptors (Lipinski definition) is 6. The number of nitrogens with zero attached hydrogens (tertiary/aromatic N) is 4. The van der Waals surface area contributed by atoms with Crippen molar-refractivity contribution in [1.82, 2.24) is 14.8 Å². The maximum absolute atomic E-state index is 13.2. The van der Waals surface area contributed by atoms with Crippen LogP contribution in [0.3, 0.4) is 0 Å². The minimum absolute atomic E-state index is 0.0118. The molecule has 0 saturated carbocycles. The van der Waals surface area contributed by atoms with Crippen molar-refractivity contribution in [2.24, 2.45) is 0 Å². The lowest BCUT2D eigenvalue weighted by Gasteiger charge is -2.25. The van der Waals surface area contributed by atoms with Gasteiger partial charge >= 0.3 is 6.09 Å². The first-order valence-corrected chi connectivity index (χ1v) is 11.1. The smallest absolute Gasteiger partial charge is 0.409 e. The average Bonchev–Trinajstić information content (AvgIpc) is 3.40. The summed E-state index contributed by atoms with van der Waals surface area (Å²) < 4.78 is 4.90. The van der Waals surface area contributed by atoms with Crippen LogP contribution in [0.4, 0.5) is 10.5 Å². The van der Waals surface area contributed by atoms with Gasteiger partial charge in [0, 0.05) is 47.7 Å². The van der Waals surface area contributed by atoms with Gasteiger partial charge < -0.3 is 19.4 Å². The molecule has 0 radical (unpaired) electrons. The number of fused-ring (bicyclic) bond motifs is 2. The van der Waals surface area contributed by atoms with Gasteiger partial charge in [0.05, 0.1) is 19.2 Å². The van der Waals surface area contributed by atoms with Crippen LogP contribution in [-0.2, 0) is 27.9 Å². The predicted octanol–water partition coefficient (Wildman–Crippen LogP) is 3.16. The van der Waals surface area contributed by atoms with Crippen molar-refractivity contribution in [1.29, 1.82) is 0 Å². The van der Waals surface area contributed by atoms with Crippen LogP contribution in [0.15, 0.2) is 23.6 Å². The number of halogens is 1. The molecule has 4 rings (SSSR count). The van der Waals surface area contributed by atoms with Crippen molar-refractivity contribution in [3.63, 3.8) is 0 Å². The van der Waals surface area contributed by atoms with E-state index in [4.69, 9.17) is 16.3 Å². The van der Waals surface area contributed by atoms with E-state index >= 15 is 0 Å². The molecule has 3 heterocycles. The number of methoxy groups -OCH3 is 1. The van der Waals surface area contributed by atoms with Crippen LogP contribution in [0, 0.1) is 0 Å². The first kappa shape index (κ1) is 21.1. The maximum Gasteiger partial charge on any atom is 0.409 e. The third-order valence-corrected chi connectivity index (χ3v) is 6.88. The van der Waals surface area contributed by atoms with E-state index in [0.717, 1.165) is 34.9 Å². The van der Waals surface area contributed by atoms with Gasteiger partial charge in [-0.05, 0) is 44.3 Å². The number of carbonyl (C=O) groups is 2. The highest BCUT2D eigenvalue weighted by atomic mass is 35.5.